The molecular formula is C16H15FO2. The quantitative estimate of drug-likeness (QED) is 0.777. The minimum atomic E-state index is -0.437. The van der Waals surface area contributed by atoms with E-state index in [9.17, 15) is 9.18 Å². The van der Waals surface area contributed by atoms with E-state index in [0.29, 0.717) is 12.4 Å². The van der Waals surface area contributed by atoms with E-state index >= 15 is 0 Å². The largest absolute Gasteiger partial charge is 0.488 e. The number of ketones is 1. The lowest BCUT2D eigenvalue weighted by Gasteiger charge is -2.10. The molecule has 0 bridgehead atoms. The lowest BCUT2D eigenvalue weighted by atomic mass is 10.1. The van der Waals surface area contributed by atoms with Crippen molar-refractivity contribution in [1.82, 2.24) is 0 Å². The molecule has 3 heteroatoms. The Balaban J connectivity index is 2.17. The minimum absolute atomic E-state index is 0.209. The van der Waals surface area contributed by atoms with Crippen molar-refractivity contribution in [3.63, 3.8) is 0 Å². The second kappa shape index (κ2) is 5.65. The van der Waals surface area contributed by atoms with E-state index in [1.54, 1.807) is 0 Å². The van der Waals surface area contributed by atoms with Crippen molar-refractivity contribution in [2.24, 2.45) is 0 Å². The Bertz CT molecular complexity index is 605. The van der Waals surface area contributed by atoms with Crippen LogP contribution in [0.5, 0.6) is 5.75 Å². The fourth-order valence-corrected chi connectivity index (χ4v) is 1.87. The van der Waals surface area contributed by atoms with E-state index < -0.39 is 5.82 Å². The summed E-state index contributed by atoms with van der Waals surface area (Å²) in [4.78, 5) is 11.4. The van der Waals surface area contributed by atoms with Crippen LogP contribution in [0.4, 0.5) is 4.39 Å². The first-order valence-electron chi connectivity index (χ1n) is 6.05. The molecule has 0 amide bonds. The lowest BCUT2D eigenvalue weighted by Crippen LogP contribution is -2.02. The Labute approximate surface area is 111 Å². The van der Waals surface area contributed by atoms with Crippen LogP contribution in [-0.2, 0) is 6.61 Å². The molecule has 0 spiro atoms. The van der Waals surface area contributed by atoms with Crippen molar-refractivity contribution < 1.29 is 13.9 Å². The maximum atomic E-state index is 13.1. The van der Waals surface area contributed by atoms with Crippen LogP contribution in [0.2, 0.25) is 0 Å². The number of benzene rings is 2. The molecule has 0 heterocycles. The highest BCUT2D eigenvalue weighted by Crippen LogP contribution is 2.21. The molecule has 2 rings (SSSR count). The standard InChI is InChI=1S/C16H15FO2/c1-11-4-3-5-13(8-11)10-19-16-7-6-14(17)9-15(16)12(2)18/h3-9H,10H2,1-2H3. The summed E-state index contributed by atoms with van der Waals surface area (Å²) in [5.41, 5.74) is 2.43. The van der Waals surface area contributed by atoms with Gasteiger partial charge in [-0.05, 0) is 37.6 Å². The molecule has 2 aromatic rings. The van der Waals surface area contributed by atoms with Crippen molar-refractivity contribution >= 4 is 5.78 Å². The molecule has 0 radical (unpaired) electrons. The molecule has 19 heavy (non-hydrogen) atoms. The van der Waals surface area contributed by atoms with Gasteiger partial charge in [0, 0.05) is 0 Å². The lowest BCUT2D eigenvalue weighted by molar-refractivity contribution is 0.101. The maximum Gasteiger partial charge on any atom is 0.163 e. The Morgan fingerprint density at radius 1 is 1.21 bits per heavy atom. The fraction of sp³-hybridized carbons (Fsp3) is 0.188. The molecule has 0 saturated carbocycles. The van der Waals surface area contributed by atoms with Crippen molar-refractivity contribution in [1.29, 1.82) is 0 Å². The minimum Gasteiger partial charge on any atom is -0.488 e. The highest BCUT2D eigenvalue weighted by atomic mass is 19.1. The number of halogens is 1. The van der Waals surface area contributed by atoms with Crippen molar-refractivity contribution in [2.75, 3.05) is 0 Å². The summed E-state index contributed by atoms with van der Waals surface area (Å²) in [5.74, 6) is -0.234. The topological polar surface area (TPSA) is 26.3 Å². The van der Waals surface area contributed by atoms with Crippen LogP contribution in [0.25, 0.3) is 0 Å². The summed E-state index contributed by atoms with van der Waals surface area (Å²) in [6, 6.07) is 11.9. The highest BCUT2D eigenvalue weighted by Gasteiger charge is 2.10. The van der Waals surface area contributed by atoms with Crippen molar-refractivity contribution in [3.05, 3.63) is 65.0 Å². The predicted molar refractivity (Wildman–Crippen MR) is 71.9 cm³/mol. The van der Waals surface area contributed by atoms with Gasteiger partial charge in [-0.3, -0.25) is 4.79 Å². The number of hydrogen-bond donors (Lipinski definition) is 0. The van der Waals surface area contributed by atoms with Gasteiger partial charge in [-0.1, -0.05) is 29.8 Å². The Hall–Kier alpha value is -2.16. The van der Waals surface area contributed by atoms with Gasteiger partial charge in [0.15, 0.2) is 5.78 Å². The maximum absolute atomic E-state index is 13.1. The average Bonchev–Trinajstić information content (AvgIpc) is 2.37. The monoisotopic (exact) mass is 258 g/mol. The van der Waals surface area contributed by atoms with Gasteiger partial charge in [-0.2, -0.15) is 0 Å². The van der Waals surface area contributed by atoms with Gasteiger partial charge in [-0.25, -0.2) is 4.39 Å². The number of Topliss-reactive ketones (excluding diaryl/α,β-unsaturated/α-hetero) is 1. The van der Waals surface area contributed by atoms with E-state index in [0.717, 1.165) is 11.1 Å². The zero-order valence-electron chi connectivity index (χ0n) is 10.9. The molecule has 0 aromatic heterocycles. The molecule has 0 fully saturated rings. The van der Waals surface area contributed by atoms with E-state index in [2.05, 4.69) is 0 Å². The molecule has 2 nitrogen and oxygen atoms in total. The summed E-state index contributed by atoms with van der Waals surface area (Å²) >= 11 is 0. The number of hydrogen-bond acceptors (Lipinski definition) is 2. The molecule has 0 aliphatic heterocycles. The first-order chi connectivity index (χ1) is 9.06. The zero-order chi connectivity index (χ0) is 13.8. The summed E-state index contributed by atoms with van der Waals surface area (Å²) in [7, 11) is 0. The Morgan fingerprint density at radius 2 is 2.00 bits per heavy atom. The van der Waals surface area contributed by atoms with Gasteiger partial charge in [0.1, 0.15) is 18.2 Å². The van der Waals surface area contributed by atoms with Crippen LogP contribution in [0.15, 0.2) is 42.5 Å². The highest BCUT2D eigenvalue weighted by molar-refractivity contribution is 5.96. The second-order valence-corrected chi connectivity index (χ2v) is 4.47. The molecule has 0 N–H and O–H groups in total. The molecule has 98 valence electrons. The van der Waals surface area contributed by atoms with Crippen LogP contribution in [0.3, 0.4) is 0 Å². The average molecular weight is 258 g/mol. The molecule has 0 atom stereocenters. The van der Waals surface area contributed by atoms with Gasteiger partial charge in [0.05, 0.1) is 5.56 Å². The van der Waals surface area contributed by atoms with E-state index in [1.807, 2.05) is 31.2 Å². The number of aryl methyl sites for hydroxylation is 1. The summed E-state index contributed by atoms with van der Waals surface area (Å²) in [6.45, 7) is 3.75. The van der Waals surface area contributed by atoms with Crippen LogP contribution in [0.1, 0.15) is 28.4 Å². The first-order valence-corrected chi connectivity index (χ1v) is 6.05. The van der Waals surface area contributed by atoms with Crippen molar-refractivity contribution in [2.45, 2.75) is 20.5 Å². The third-order valence-corrected chi connectivity index (χ3v) is 2.80. The van der Waals surface area contributed by atoms with Gasteiger partial charge in [0.25, 0.3) is 0 Å². The van der Waals surface area contributed by atoms with Crippen LogP contribution >= 0.6 is 0 Å². The van der Waals surface area contributed by atoms with Crippen LogP contribution in [0, 0.1) is 12.7 Å². The number of ether oxygens (including phenoxy) is 1. The first kappa shape index (κ1) is 13.3. The Morgan fingerprint density at radius 3 is 2.68 bits per heavy atom. The van der Waals surface area contributed by atoms with Gasteiger partial charge >= 0.3 is 0 Å². The van der Waals surface area contributed by atoms with Crippen molar-refractivity contribution in [3.8, 4) is 5.75 Å². The predicted octanol–water partition coefficient (Wildman–Crippen LogP) is 3.92. The molecule has 0 unspecified atom stereocenters. The second-order valence-electron chi connectivity index (χ2n) is 4.47. The third-order valence-electron chi connectivity index (χ3n) is 2.80. The number of carbonyl (C=O) groups is 1. The smallest absolute Gasteiger partial charge is 0.163 e. The van der Waals surface area contributed by atoms with Gasteiger partial charge in [-0.15, -0.1) is 0 Å². The number of rotatable bonds is 4. The Kier molecular flexibility index (Phi) is 3.95. The summed E-state index contributed by atoms with van der Waals surface area (Å²) in [5, 5.41) is 0. The summed E-state index contributed by atoms with van der Waals surface area (Å²) < 4.78 is 18.7. The molecular weight excluding hydrogens is 243 g/mol. The number of carbonyl (C=O) groups excluding carboxylic acids is 1. The van der Waals surface area contributed by atoms with Gasteiger partial charge in [0.2, 0.25) is 0 Å². The van der Waals surface area contributed by atoms with Gasteiger partial charge < -0.3 is 4.74 Å². The molecule has 0 saturated heterocycles. The van der Waals surface area contributed by atoms with E-state index in [-0.39, 0.29) is 11.3 Å². The summed E-state index contributed by atoms with van der Waals surface area (Å²) in [6.07, 6.45) is 0. The fourth-order valence-electron chi connectivity index (χ4n) is 1.87. The van der Waals surface area contributed by atoms with E-state index in [1.165, 1.54) is 25.1 Å². The molecule has 2 aromatic carbocycles. The SMILES string of the molecule is CC(=O)c1cc(F)ccc1OCc1cccc(C)c1. The third kappa shape index (κ3) is 3.41. The molecule has 0 aliphatic rings. The van der Waals surface area contributed by atoms with Crippen LogP contribution < -0.4 is 4.74 Å². The van der Waals surface area contributed by atoms with E-state index in [4.69, 9.17) is 4.74 Å². The van der Waals surface area contributed by atoms with Crippen LogP contribution in [-0.4, -0.2) is 5.78 Å². The zero-order valence-corrected chi connectivity index (χ0v) is 10.9. The molecule has 0 aliphatic carbocycles. The normalized spacial score (nSPS) is 10.3.